The van der Waals surface area contributed by atoms with Crippen LogP contribution in [-0.4, -0.2) is 11.9 Å². The minimum atomic E-state index is -0.0521. The van der Waals surface area contributed by atoms with E-state index in [2.05, 4.69) is 12.2 Å². The van der Waals surface area contributed by atoms with Crippen LogP contribution in [0.1, 0.15) is 57.1 Å². The van der Waals surface area contributed by atoms with Crippen LogP contribution in [0.2, 0.25) is 0 Å². The van der Waals surface area contributed by atoms with E-state index in [1.165, 1.54) is 25.7 Å². The molecule has 0 spiro atoms. The molecule has 2 rings (SSSR count). The summed E-state index contributed by atoms with van der Waals surface area (Å²) in [4.78, 5) is 12.0. The lowest BCUT2D eigenvalue weighted by Gasteiger charge is -2.21. The highest BCUT2D eigenvalue weighted by atomic mass is 16.1. The van der Waals surface area contributed by atoms with Crippen molar-refractivity contribution in [2.24, 2.45) is 11.7 Å². The van der Waals surface area contributed by atoms with Crippen LogP contribution in [0.4, 0.5) is 0 Å². The monoisotopic (exact) mass is 274 g/mol. The van der Waals surface area contributed by atoms with Crippen molar-refractivity contribution in [2.45, 2.75) is 57.5 Å². The van der Waals surface area contributed by atoms with Crippen LogP contribution in [0.5, 0.6) is 0 Å². The van der Waals surface area contributed by atoms with Crippen molar-refractivity contribution >= 4 is 5.91 Å². The highest BCUT2D eigenvalue weighted by Gasteiger charge is 2.22. The summed E-state index contributed by atoms with van der Waals surface area (Å²) >= 11 is 0. The molecule has 3 heteroatoms. The summed E-state index contributed by atoms with van der Waals surface area (Å²) < 4.78 is 0. The maximum Gasteiger partial charge on any atom is 0.220 e. The third kappa shape index (κ3) is 4.34. The average molecular weight is 274 g/mol. The molecule has 0 aromatic heterocycles. The Labute approximate surface area is 121 Å². The largest absolute Gasteiger partial charge is 0.353 e. The highest BCUT2D eigenvalue weighted by molar-refractivity contribution is 5.76. The van der Waals surface area contributed by atoms with Crippen molar-refractivity contribution in [1.29, 1.82) is 0 Å². The van der Waals surface area contributed by atoms with Crippen molar-refractivity contribution < 1.29 is 4.79 Å². The second-order valence-electron chi connectivity index (χ2n) is 5.96. The number of nitrogens with one attached hydrogen (secondary N) is 1. The van der Waals surface area contributed by atoms with Crippen LogP contribution < -0.4 is 11.1 Å². The zero-order chi connectivity index (χ0) is 14.4. The molecule has 0 bridgehead atoms. The Hall–Kier alpha value is -1.35. The number of carbonyl (C=O) groups excluding carboxylic acids is 1. The van der Waals surface area contributed by atoms with E-state index in [0.29, 0.717) is 24.8 Å². The Morgan fingerprint density at radius 2 is 1.95 bits per heavy atom. The van der Waals surface area contributed by atoms with Crippen molar-refractivity contribution in [3.63, 3.8) is 0 Å². The van der Waals surface area contributed by atoms with Gasteiger partial charge in [0, 0.05) is 18.5 Å². The minimum Gasteiger partial charge on any atom is -0.353 e. The topological polar surface area (TPSA) is 55.1 Å². The summed E-state index contributed by atoms with van der Waals surface area (Å²) in [6.45, 7) is 2.13. The fraction of sp³-hybridized carbons (Fsp3) is 0.588. The molecular weight excluding hydrogens is 248 g/mol. The number of amides is 1. The zero-order valence-corrected chi connectivity index (χ0v) is 12.3. The molecule has 0 saturated heterocycles. The van der Waals surface area contributed by atoms with E-state index in [-0.39, 0.29) is 11.9 Å². The Balaban J connectivity index is 1.72. The highest BCUT2D eigenvalue weighted by Crippen LogP contribution is 2.27. The van der Waals surface area contributed by atoms with Crippen LogP contribution in [0.3, 0.4) is 0 Å². The number of rotatable bonds is 6. The summed E-state index contributed by atoms with van der Waals surface area (Å²) in [6.07, 6.45) is 6.34. The minimum absolute atomic E-state index is 0.0521. The molecule has 0 radical (unpaired) electrons. The van der Waals surface area contributed by atoms with Gasteiger partial charge in [0.05, 0.1) is 0 Å². The lowest BCUT2D eigenvalue weighted by Crippen LogP contribution is -2.37. The summed E-state index contributed by atoms with van der Waals surface area (Å²) in [5, 5.41) is 3.13. The van der Waals surface area contributed by atoms with Crippen LogP contribution in [0.15, 0.2) is 30.3 Å². The first-order chi connectivity index (χ1) is 9.66. The molecule has 1 aromatic carbocycles. The Morgan fingerprint density at radius 1 is 1.30 bits per heavy atom. The van der Waals surface area contributed by atoms with Crippen molar-refractivity contribution in [3.8, 4) is 0 Å². The molecule has 3 N–H and O–H groups in total. The SMILES string of the molecule is C[C@H](NC(=O)CCC(N)c1ccccc1)C1CCCC1. The number of carbonyl (C=O) groups is 1. The summed E-state index contributed by atoms with van der Waals surface area (Å²) in [6, 6.07) is 10.2. The lowest BCUT2D eigenvalue weighted by molar-refractivity contribution is -0.122. The van der Waals surface area contributed by atoms with Crippen molar-refractivity contribution in [3.05, 3.63) is 35.9 Å². The van der Waals surface area contributed by atoms with E-state index >= 15 is 0 Å². The maximum atomic E-state index is 12.0. The van der Waals surface area contributed by atoms with Gasteiger partial charge in [0.25, 0.3) is 0 Å². The van der Waals surface area contributed by atoms with E-state index < -0.39 is 0 Å². The first-order valence-corrected chi connectivity index (χ1v) is 7.76. The maximum absolute atomic E-state index is 12.0. The van der Waals surface area contributed by atoms with Gasteiger partial charge in [-0.3, -0.25) is 4.79 Å². The van der Waals surface area contributed by atoms with E-state index in [0.717, 1.165) is 5.56 Å². The number of benzene rings is 1. The lowest BCUT2D eigenvalue weighted by atomic mass is 9.99. The fourth-order valence-electron chi connectivity index (χ4n) is 3.05. The van der Waals surface area contributed by atoms with Gasteiger partial charge in [-0.25, -0.2) is 0 Å². The quantitative estimate of drug-likeness (QED) is 0.837. The van der Waals surface area contributed by atoms with Crippen LogP contribution in [0.25, 0.3) is 0 Å². The van der Waals surface area contributed by atoms with E-state index in [4.69, 9.17) is 5.73 Å². The molecule has 1 aromatic rings. The first kappa shape index (κ1) is 15.0. The molecule has 1 saturated carbocycles. The van der Waals surface area contributed by atoms with Gasteiger partial charge in [-0.1, -0.05) is 43.2 Å². The van der Waals surface area contributed by atoms with E-state index in [1.807, 2.05) is 30.3 Å². The molecule has 2 atom stereocenters. The summed E-state index contributed by atoms with van der Waals surface area (Å²) in [7, 11) is 0. The van der Waals surface area contributed by atoms with Crippen molar-refractivity contribution in [2.75, 3.05) is 0 Å². The second-order valence-corrected chi connectivity index (χ2v) is 5.96. The number of hydrogen-bond acceptors (Lipinski definition) is 2. The molecule has 1 fully saturated rings. The molecule has 110 valence electrons. The number of nitrogens with two attached hydrogens (primary N) is 1. The van der Waals surface area contributed by atoms with Crippen LogP contribution in [0, 0.1) is 5.92 Å². The van der Waals surface area contributed by atoms with Crippen molar-refractivity contribution in [1.82, 2.24) is 5.32 Å². The van der Waals surface area contributed by atoms with E-state index in [1.54, 1.807) is 0 Å². The van der Waals surface area contributed by atoms with E-state index in [9.17, 15) is 4.79 Å². The third-order valence-corrected chi connectivity index (χ3v) is 4.41. The van der Waals surface area contributed by atoms with Gasteiger partial charge in [-0.15, -0.1) is 0 Å². The van der Waals surface area contributed by atoms with Gasteiger partial charge < -0.3 is 11.1 Å². The van der Waals surface area contributed by atoms with Gasteiger partial charge in [0.15, 0.2) is 0 Å². The first-order valence-electron chi connectivity index (χ1n) is 7.76. The van der Waals surface area contributed by atoms with Gasteiger partial charge in [-0.05, 0) is 37.7 Å². The second kappa shape index (κ2) is 7.44. The molecule has 0 aliphatic heterocycles. The Bertz CT molecular complexity index is 412. The molecule has 1 aliphatic carbocycles. The van der Waals surface area contributed by atoms with Crippen LogP contribution in [-0.2, 0) is 4.79 Å². The molecule has 1 aliphatic rings. The standard InChI is InChI=1S/C17H26N2O/c1-13(14-7-5-6-8-14)19-17(20)12-11-16(18)15-9-3-2-4-10-15/h2-4,9-10,13-14,16H,5-8,11-12,18H2,1H3,(H,19,20)/t13-,16?/m0/s1. The zero-order valence-electron chi connectivity index (χ0n) is 12.3. The Morgan fingerprint density at radius 3 is 2.60 bits per heavy atom. The van der Waals surface area contributed by atoms with Crippen LogP contribution >= 0.6 is 0 Å². The average Bonchev–Trinajstić information content (AvgIpc) is 3.00. The number of hydrogen-bond donors (Lipinski definition) is 2. The molecule has 0 heterocycles. The van der Waals surface area contributed by atoms with Gasteiger partial charge >= 0.3 is 0 Å². The fourth-order valence-corrected chi connectivity index (χ4v) is 3.05. The predicted octanol–water partition coefficient (Wildman–Crippen LogP) is 3.16. The third-order valence-electron chi connectivity index (χ3n) is 4.41. The Kier molecular flexibility index (Phi) is 5.60. The van der Waals surface area contributed by atoms with Gasteiger partial charge in [-0.2, -0.15) is 0 Å². The van der Waals surface area contributed by atoms with Gasteiger partial charge in [0.1, 0.15) is 0 Å². The van der Waals surface area contributed by atoms with Gasteiger partial charge in [0.2, 0.25) is 5.91 Å². The summed E-state index contributed by atoms with van der Waals surface area (Å²) in [5.74, 6) is 0.803. The molecule has 1 amide bonds. The molecular formula is C17H26N2O. The molecule has 3 nitrogen and oxygen atoms in total. The summed E-state index contributed by atoms with van der Waals surface area (Å²) in [5.41, 5.74) is 7.22. The predicted molar refractivity (Wildman–Crippen MR) is 82.2 cm³/mol. The smallest absolute Gasteiger partial charge is 0.220 e. The molecule has 1 unspecified atom stereocenters. The normalized spacial score (nSPS) is 18.7. The molecule has 20 heavy (non-hydrogen) atoms.